The molecular formula is C42H48ClF3N8O5S. The van der Waals surface area contributed by atoms with Gasteiger partial charge in [0.25, 0.3) is 5.91 Å². The number of carbonyl (C=O) groups excluding carboxylic acids is 4. The first-order valence-corrected chi connectivity index (χ1v) is 20.6. The molecule has 0 saturated carbocycles. The molecule has 0 aromatic heterocycles. The number of benzene rings is 3. The van der Waals surface area contributed by atoms with Gasteiger partial charge in [-0.1, -0.05) is 18.5 Å². The second kappa shape index (κ2) is 17.9. The summed E-state index contributed by atoms with van der Waals surface area (Å²) in [6, 6.07) is 14.8. The van der Waals surface area contributed by atoms with Gasteiger partial charge in [-0.15, -0.1) is 12.6 Å². The SMILES string of the molecule is CCc1cc(N2[C@H](S)N(c3ccc(C#N)c(C(F)(F)F)c3)C(=O)C2(C)C)ccc1OCCN1C[C@H](C)N(CC(=O)Nc2cc(Cl)cc(NC3CCC(=O)NC3=O)c2)[C@@H](C)C1. The zero-order valence-corrected chi connectivity index (χ0v) is 35.5. The number of aryl methyl sites for hydroxylation is 1. The van der Waals surface area contributed by atoms with Crippen molar-refractivity contribution < 1.29 is 37.1 Å². The van der Waals surface area contributed by atoms with Crippen molar-refractivity contribution in [3.05, 3.63) is 76.3 Å². The van der Waals surface area contributed by atoms with Crippen molar-refractivity contribution in [2.75, 3.05) is 53.2 Å². The highest BCUT2D eigenvalue weighted by molar-refractivity contribution is 7.81. The van der Waals surface area contributed by atoms with Gasteiger partial charge in [0, 0.05) is 65.9 Å². The minimum absolute atomic E-state index is 0.0143. The van der Waals surface area contributed by atoms with Crippen molar-refractivity contribution in [3.8, 4) is 11.8 Å². The number of hydrogen-bond donors (Lipinski definition) is 4. The first kappa shape index (κ1) is 44.5. The molecule has 0 spiro atoms. The summed E-state index contributed by atoms with van der Waals surface area (Å²) in [5.41, 5.74) is -1.22. The van der Waals surface area contributed by atoms with Gasteiger partial charge in [-0.25, -0.2) is 0 Å². The van der Waals surface area contributed by atoms with Crippen LogP contribution < -0.4 is 30.5 Å². The van der Waals surface area contributed by atoms with Gasteiger partial charge in [-0.3, -0.25) is 39.2 Å². The predicted molar refractivity (Wildman–Crippen MR) is 226 cm³/mol. The first-order chi connectivity index (χ1) is 28.3. The zero-order chi connectivity index (χ0) is 43.7. The van der Waals surface area contributed by atoms with Gasteiger partial charge in [-0.05, 0) is 101 Å². The van der Waals surface area contributed by atoms with E-state index in [4.69, 9.17) is 29.0 Å². The predicted octanol–water partition coefficient (Wildman–Crippen LogP) is 6.27. The second-order valence-corrected chi connectivity index (χ2v) is 16.7. The fourth-order valence-electron chi connectivity index (χ4n) is 8.15. The van der Waals surface area contributed by atoms with Crippen molar-refractivity contribution in [2.24, 2.45) is 0 Å². The van der Waals surface area contributed by atoms with E-state index in [0.717, 1.165) is 17.7 Å². The molecule has 0 aliphatic carbocycles. The zero-order valence-electron chi connectivity index (χ0n) is 33.9. The van der Waals surface area contributed by atoms with E-state index in [0.29, 0.717) is 66.9 Å². The number of amides is 4. The normalized spacial score (nSPS) is 22.4. The summed E-state index contributed by atoms with van der Waals surface area (Å²) in [7, 11) is 0. The Balaban J connectivity index is 1.04. The van der Waals surface area contributed by atoms with Crippen LogP contribution in [0, 0.1) is 11.3 Å². The van der Waals surface area contributed by atoms with Crippen LogP contribution in [0.1, 0.15) is 64.2 Å². The van der Waals surface area contributed by atoms with Gasteiger partial charge >= 0.3 is 6.18 Å². The van der Waals surface area contributed by atoms with Crippen molar-refractivity contribution in [1.29, 1.82) is 5.26 Å². The number of anilines is 4. The number of piperazine rings is 1. The van der Waals surface area contributed by atoms with Crippen LogP contribution in [0.25, 0.3) is 0 Å². The highest BCUT2D eigenvalue weighted by atomic mass is 35.5. The van der Waals surface area contributed by atoms with E-state index in [1.807, 2.05) is 25.1 Å². The quantitative estimate of drug-likeness (QED) is 0.121. The Morgan fingerprint density at radius 3 is 2.37 bits per heavy atom. The van der Waals surface area contributed by atoms with Crippen LogP contribution in [-0.2, 0) is 31.8 Å². The third kappa shape index (κ3) is 9.62. The summed E-state index contributed by atoms with van der Waals surface area (Å²) in [6.07, 6.45) is -3.59. The molecular weight excluding hydrogens is 821 g/mol. The summed E-state index contributed by atoms with van der Waals surface area (Å²) < 4.78 is 47.7. The Kier molecular flexibility index (Phi) is 13.3. The number of nitriles is 1. The number of carbonyl (C=O) groups is 4. The van der Waals surface area contributed by atoms with Crippen molar-refractivity contribution in [3.63, 3.8) is 0 Å². The van der Waals surface area contributed by atoms with E-state index in [1.54, 1.807) is 43.0 Å². The standard InChI is InChI=1S/C42H48ClF3N8O5S/c1-6-26-15-32(54-40(60)53(39(58)41(54,4)5)31-8-7-27(20-47)33(19-31)42(44,45)46)9-11-35(26)59-14-13-51-21-24(2)52(25(3)22-51)23-37(56)49-30-17-28(43)16-29(18-30)48-34-10-12-36(55)50-38(34)57/h7-9,11,15-19,24-25,34,40,48,60H,6,10,12-14,21-23H2,1-5H3,(H,49,56)(H,50,55,57)/t24-,25-,34?,40+/m0/s1. The minimum Gasteiger partial charge on any atom is -0.492 e. The summed E-state index contributed by atoms with van der Waals surface area (Å²) in [4.78, 5) is 58.1. The molecule has 3 aromatic rings. The number of hydrogen-bond acceptors (Lipinski definition) is 11. The molecule has 1 unspecified atom stereocenters. The third-order valence-corrected chi connectivity index (χ3v) is 11.8. The molecule has 3 aromatic carbocycles. The molecule has 0 bridgehead atoms. The highest BCUT2D eigenvalue weighted by Gasteiger charge is 2.52. The topological polar surface area (TPSA) is 150 Å². The molecule has 60 heavy (non-hydrogen) atoms. The Labute approximate surface area is 357 Å². The number of halogens is 4. The van der Waals surface area contributed by atoms with Crippen LogP contribution in [0.3, 0.4) is 0 Å². The highest BCUT2D eigenvalue weighted by Crippen LogP contribution is 2.43. The lowest BCUT2D eigenvalue weighted by molar-refractivity contribution is -0.138. The molecule has 3 aliphatic rings. The van der Waals surface area contributed by atoms with E-state index in [9.17, 15) is 37.6 Å². The molecule has 18 heteroatoms. The maximum Gasteiger partial charge on any atom is 0.417 e. The van der Waals surface area contributed by atoms with Crippen molar-refractivity contribution >= 4 is 70.6 Å². The molecule has 0 radical (unpaired) electrons. The van der Waals surface area contributed by atoms with Gasteiger partial charge in [0.15, 0.2) is 5.50 Å². The number of ether oxygens (including phenoxy) is 1. The van der Waals surface area contributed by atoms with Crippen LogP contribution in [-0.4, -0.2) is 95.4 Å². The molecule has 3 heterocycles. The molecule has 3 saturated heterocycles. The number of rotatable bonds is 12. The largest absolute Gasteiger partial charge is 0.492 e. The van der Waals surface area contributed by atoms with Crippen molar-refractivity contribution in [1.82, 2.24) is 15.1 Å². The fraction of sp³-hybridized carbons (Fsp3) is 0.452. The molecule has 4 amide bonds. The van der Waals surface area contributed by atoms with E-state index >= 15 is 0 Å². The maximum absolute atomic E-state index is 13.8. The van der Waals surface area contributed by atoms with Crippen LogP contribution in [0.4, 0.5) is 35.9 Å². The van der Waals surface area contributed by atoms with Gasteiger partial charge in [-0.2, -0.15) is 18.4 Å². The Morgan fingerprint density at radius 1 is 1.03 bits per heavy atom. The summed E-state index contributed by atoms with van der Waals surface area (Å²) in [5.74, 6) is -0.699. The maximum atomic E-state index is 13.8. The number of piperidine rings is 1. The summed E-state index contributed by atoms with van der Waals surface area (Å²) in [6.45, 7) is 12.1. The number of nitrogens with one attached hydrogen (secondary N) is 3. The second-order valence-electron chi connectivity index (χ2n) is 15.8. The molecule has 3 N–H and O–H groups in total. The molecule has 6 rings (SSSR count). The monoisotopic (exact) mass is 868 g/mol. The number of alkyl halides is 3. The Bertz CT molecular complexity index is 2190. The van der Waals surface area contributed by atoms with Crippen LogP contribution >= 0.6 is 24.2 Å². The third-order valence-electron chi connectivity index (χ3n) is 11.1. The van der Waals surface area contributed by atoms with Gasteiger partial charge in [0.2, 0.25) is 17.7 Å². The summed E-state index contributed by atoms with van der Waals surface area (Å²) >= 11 is 11.1. The van der Waals surface area contributed by atoms with Crippen molar-refractivity contribution in [2.45, 2.75) is 89.2 Å². The van der Waals surface area contributed by atoms with Gasteiger partial charge in [0.05, 0.1) is 23.7 Å². The lowest BCUT2D eigenvalue weighted by atomic mass is 10.0. The average molecular weight is 869 g/mol. The molecule has 13 nitrogen and oxygen atoms in total. The van der Waals surface area contributed by atoms with Gasteiger partial charge in [0.1, 0.15) is 23.9 Å². The van der Waals surface area contributed by atoms with Crippen LogP contribution in [0.15, 0.2) is 54.6 Å². The van der Waals surface area contributed by atoms with Crippen LogP contribution in [0.5, 0.6) is 5.75 Å². The fourth-order valence-corrected chi connectivity index (χ4v) is 9.04. The van der Waals surface area contributed by atoms with E-state index in [-0.39, 0.29) is 42.6 Å². The number of thiol groups is 1. The average Bonchev–Trinajstić information content (AvgIpc) is 3.35. The van der Waals surface area contributed by atoms with Gasteiger partial charge < -0.3 is 20.3 Å². The lowest BCUT2D eigenvalue weighted by Gasteiger charge is -2.44. The number of imide groups is 1. The minimum atomic E-state index is -4.78. The smallest absolute Gasteiger partial charge is 0.417 e. The lowest BCUT2D eigenvalue weighted by Crippen LogP contribution is -2.58. The van der Waals surface area contributed by atoms with Crippen LogP contribution in [0.2, 0.25) is 5.02 Å². The molecule has 3 aliphatic heterocycles. The van der Waals surface area contributed by atoms with E-state index in [1.165, 1.54) is 11.0 Å². The molecule has 320 valence electrons. The molecule has 4 atom stereocenters. The Morgan fingerprint density at radius 2 is 1.72 bits per heavy atom. The number of nitrogens with zero attached hydrogens (tertiary/aromatic N) is 5. The Hall–Kier alpha value is -5.02. The molecule has 3 fully saturated rings. The van der Waals surface area contributed by atoms with E-state index < -0.39 is 46.2 Å². The first-order valence-electron chi connectivity index (χ1n) is 19.7. The van der Waals surface area contributed by atoms with E-state index in [2.05, 4.69) is 39.6 Å². The summed E-state index contributed by atoms with van der Waals surface area (Å²) in [5, 5.41) is 18.0.